The van der Waals surface area contributed by atoms with Crippen LogP contribution in [0.5, 0.6) is 5.88 Å². The molecule has 0 aliphatic carbocycles. The SMILES string of the molecule is OCCNc1ncc(O)[nH]1. The van der Waals surface area contributed by atoms with E-state index in [2.05, 4.69) is 15.3 Å². The van der Waals surface area contributed by atoms with Gasteiger partial charge in [0, 0.05) is 6.54 Å². The number of rotatable bonds is 3. The van der Waals surface area contributed by atoms with Gasteiger partial charge in [0.2, 0.25) is 11.8 Å². The highest BCUT2D eigenvalue weighted by Gasteiger charge is 1.94. The molecule has 0 saturated heterocycles. The third kappa shape index (κ3) is 1.63. The highest BCUT2D eigenvalue weighted by atomic mass is 16.3. The van der Waals surface area contributed by atoms with Gasteiger partial charge in [-0.25, -0.2) is 4.98 Å². The number of nitrogens with one attached hydrogen (secondary N) is 2. The third-order valence-corrected chi connectivity index (χ3v) is 0.967. The van der Waals surface area contributed by atoms with Crippen LogP contribution in [0.25, 0.3) is 0 Å². The molecule has 0 aliphatic rings. The molecule has 56 valence electrons. The molecule has 0 spiro atoms. The molecule has 1 heterocycles. The van der Waals surface area contributed by atoms with E-state index in [4.69, 9.17) is 10.2 Å². The van der Waals surface area contributed by atoms with Gasteiger partial charge in [0.05, 0.1) is 12.8 Å². The summed E-state index contributed by atoms with van der Waals surface area (Å²) < 4.78 is 0. The lowest BCUT2D eigenvalue weighted by atomic mass is 10.7. The fraction of sp³-hybridized carbons (Fsp3) is 0.400. The van der Waals surface area contributed by atoms with Crippen LogP contribution in [0, 0.1) is 0 Å². The van der Waals surface area contributed by atoms with E-state index >= 15 is 0 Å². The van der Waals surface area contributed by atoms with Crippen molar-refractivity contribution in [1.29, 1.82) is 0 Å². The lowest BCUT2D eigenvalue weighted by Gasteiger charge is -1.96. The van der Waals surface area contributed by atoms with Gasteiger partial charge in [0.15, 0.2) is 0 Å². The molecule has 0 unspecified atom stereocenters. The Kier molecular flexibility index (Phi) is 2.11. The summed E-state index contributed by atoms with van der Waals surface area (Å²) in [6.45, 7) is 0.467. The van der Waals surface area contributed by atoms with E-state index in [1.54, 1.807) is 0 Å². The Balaban J connectivity index is 2.42. The summed E-state index contributed by atoms with van der Waals surface area (Å²) in [5.41, 5.74) is 0. The van der Waals surface area contributed by atoms with Crippen LogP contribution in [0.3, 0.4) is 0 Å². The minimum Gasteiger partial charge on any atom is -0.493 e. The van der Waals surface area contributed by atoms with Gasteiger partial charge in [0.1, 0.15) is 0 Å². The molecule has 0 amide bonds. The number of aliphatic hydroxyl groups is 1. The number of hydrogen-bond donors (Lipinski definition) is 4. The van der Waals surface area contributed by atoms with Crippen molar-refractivity contribution in [2.75, 3.05) is 18.5 Å². The molecule has 5 nitrogen and oxygen atoms in total. The molecule has 10 heavy (non-hydrogen) atoms. The van der Waals surface area contributed by atoms with Crippen molar-refractivity contribution in [3.8, 4) is 5.88 Å². The number of anilines is 1. The number of aromatic nitrogens is 2. The van der Waals surface area contributed by atoms with Crippen molar-refractivity contribution in [3.63, 3.8) is 0 Å². The average Bonchev–Trinajstić information content (AvgIpc) is 2.31. The molecule has 5 heteroatoms. The van der Waals surface area contributed by atoms with Crippen molar-refractivity contribution < 1.29 is 10.2 Å². The van der Waals surface area contributed by atoms with Crippen LogP contribution in [0.4, 0.5) is 5.95 Å². The van der Waals surface area contributed by atoms with Gasteiger partial charge < -0.3 is 15.5 Å². The number of nitrogens with zero attached hydrogens (tertiary/aromatic N) is 1. The summed E-state index contributed by atoms with van der Waals surface area (Å²) >= 11 is 0. The second-order valence-electron chi connectivity index (χ2n) is 1.77. The fourth-order valence-corrected chi connectivity index (χ4v) is 0.576. The highest BCUT2D eigenvalue weighted by molar-refractivity contribution is 5.27. The molecule has 1 aromatic rings. The van der Waals surface area contributed by atoms with E-state index in [0.717, 1.165) is 0 Å². The van der Waals surface area contributed by atoms with Gasteiger partial charge in [-0.3, -0.25) is 4.98 Å². The number of imidazole rings is 1. The fourth-order valence-electron chi connectivity index (χ4n) is 0.576. The van der Waals surface area contributed by atoms with Gasteiger partial charge in [-0.15, -0.1) is 0 Å². The Morgan fingerprint density at radius 1 is 1.70 bits per heavy atom. The van der Waals surface area contributed by atoms with E-state index in [1.807, 2.05) is 0 Å². The maximum absolute atomic E-state index is 8.73. The number of aromatic amines is 1. The van der Waals surface area contributed by atoms with Gasteiger partial charge in [0.25, 0.3) is 0 Å². The van der Waals surface area contributed by atoms with E-state index < -0.39 is 0 Å². The van der Waals surface area contributed by atoms with Crippen LogP contribution in [-0.4, -0.2) is 33.3 Å². The van der Waals surface area contributed by atoms with E-state index in [0.29, 0.717) is 12.5 Å². The number of aromatic hydroxyl groups is 1. The molecule has 0 saturated carbocycles. The minimum atomic E-state index is 0.0143. The zero-order chi connectivity index (χ0) is 7.40. The molecular weight excluding hydrogens is 134 g/mol. The highest BCUT2D eigenvalue weighted by Crippen LogP contribution is 2.05. The molecule has 0 bridgehead atoms. The first-order chi connectivity index (χ1) is 4.83. The zero-order valence-electron chi connectivity index (χ0n) is 5.33. The second-order valence-corrected chi connectivity index (χ2v) is 1.77. The number of aliphatic hydroxyl groups excluding tert-OH is 1. The van der Waals surface area contributed by atoms with Crippen LogP contribution in [0.2, 0.25) is 0 Å². The van der Waals surface area contributed by atoms with Crippen LogP contribution in [-0.2, 0) is 0 Å². The Morgan fingerprint density at radius 2 is 2.50 bits per heavy atom. The predicted octanol–water partition coefficient (Wildman–Crippen LogP) is -0.481. The lowest BCUT2D eigenvalue weighted by Crippen LogP contribution is -2.06. The average molecular weight is 143 g/mol. The molecule has 0 radical (unpaired) electrons. The van der Waals surface area contributed by atoms with Crippen LogP contribution in [0.1, 0.15) is 0 Å². The topological polar surface area (TPSA) is 81.2 Å². The second kappa shape index (κ2) is 3.07. The first-order valence-corrected chi connectivity index (χ1v) is 2.91. The molecule has 4 N–H and O–H groups in total. The monoisotopic (exact) mass is 143 g/mol. The Morgan fingerprint density at radius 3 is 3.00 bits per heavy atom. The molecule has 1 rings (SSSR count). The summed E-state index contributed by atoms with van der Waals surface area (Å²) in [6, 6.07) is 0. The van der Waals surface area contributed by atoms with Crippen LogP contribution < -0.4 is 5.32 Å². The Hall–Kier alpha value is -1.23. The quantitative estimate of drug-likeness (QED) is 0.460. The molecular formula is C5H9N3O2. The summed E-state index contributed by atoms with van der Waals surface area (Å²) in [6.07, 6.45) is 1.29. The van der Waals surface area contributed by atoms with E-state index in [9.17, 15) is 0 Å². The Bertz CT molecular complexity index is 199. The summed E-state index contributed by atoms with van der Waals surface area (Å²) in [5.74, 6) is 0.479. The van der Waals surface area contributed by atoms with Crippen molar-refractivity contribution in [3.05, 3.63) is 6.20 Å². The van der Waals surface area contributed by atoms with Crippen molar-refractivity contribution in [2.24, 2.45) is 0 Å². The normalized spacial score (nSPS) is 9.70. The van der Waals surface area contributed by atoms with Crippen molar-refractivity contribution >= 4 is 5.95 Å². The maximum atomic E-state index is 8.73. The van der Waals surface area contributed by atoms with Gasteiger partial charge >= 0.3 is 0 Å². The molecule has 0 atom stereocenters. The van der Waals surface area contributed by atoms with Crippen molar-refractivity contribution in [2.45, 2.75) is 0 Å². The predicted molar refractivity (Wildman–Crippen MR) is 35.8 cm³/mol. The summed E-state index contributed by atoms with van der Waals surface area (Å²) in [5, 5.41) is 19.8. The minimum absolute atomic E-state index is 0.0143. The van der Waals surface area contributed by atoms with Gasteiger partial charge in [-0.2, -0.15) is 0 Å². The zero-order valence-corrected chi connectivity index (χ0v) is 5.33. The van der Waals surface area contributed by atoms with E-state index in [1.165, 1.54) is 6.20 Å². The summed E-state index contributed by atoms with van der Waals surface area (Å²) in [7, 11) is 0. The molecule has 0 aromatic carbocycles. The number of hydrogen-bond acceptors (Lipinski definition) is 4. The Labute approximate surface area is 57.7 Å². The third-order valence-electron chi connectivity index (χ3n) is 0.967. The smallest absolute Gasteiger partial charge is 0.210 e. The summed E-state index contributed by atoms with van der Waals surface area (Å²) in [4.78, 5) is 6.26. The van der Waals surface area contributed by atoms with Crippen LogP contribution >= 0.6 is 0 Å². The molecule has 0 aliphatic heterocycles. The molecule has 1 aromatic heterocycles. The largest absolute Gasteiger partial charge is 0.493 e. The lowest BCUT2D eigenvalue weighted by molar-refractivity contribution is 0.311. The van der Waals surface area contributed by atoms with E-state index in [-0.39, 0.29) is 12.5 Å². The first kappa shape index (κ1) is 6.88. The number of H-pyrrole nitrogens is 1. The van der Waals surface area contributed by atoms with Crippen LogP contribution in [0.15, 0.2) is 6.20 Å². The standard InChI is InChI=1S/C5H9N3O2/c9-2-1-6-5-7-3-4(10)8-5/h3,9-10H,1-2H2,(H2,6,7,8). The van der Waals surface area contributed by atoms with Crippen molar-refractivity contribution in [1.82, 2.24) is 9.97 Å². The van der Waals surface area contributed by atoms with Gasteiger partial charge in [-0.1, -0.05) is 0 Å². The first-order valence-electron chi connectivity index (χ1n) is 2.91. The maximum Gasteiger partial charge on any atom is 0.210 e. The molecule has 0 fully saturated rings. The van der Waals surface area contributed by atoms with Gasteiger partial charge in [-0.05, 0) is 0 Å².